The van der Waals surface area contributed by atoms with Crippen LogP contribution in [0.3, 0.4) is 0 Å². The highest BCUT2D eigenvalue weighted by Gasteiger charge is 2.77. The average Bonchev–Trinajstić information content (AvgIpc) is 2.55. The lowest BCUT2D eigenvalue weighted by atomic mass is 9.88. The van der Waals surface area contributed by atoms with Crippen LogP contribution in [-0.4, -0.2) is 40.9 Å². The summed E-state index contributed by atoms with van der Waals surface area (Å²) in [4.78, 5) is 12.9. The summed E-state index contributed by atoms with van der Waals surface area (Å²) in [6.07, 6.45) is -0.833. The molecule has 0 bridgehead atoms. The molecule has 2 nitrogen and oxygen atoms in total. The van der Waals surface area contributed by atoms with Crippen molar-refractivity contribution in [1.29, 1.82) is 0 Å². The molecular formula is C16H22F7NO. The normalized spacial score (nSPS) is 22.0. The molecule has 0 atom stereocenters. The summed E-state index contributed by atoms with van der Waals surface area (Å²) in [7, 11) is 0. The van der Waals surface area contributed by atoms with Crippen LogP contribution in [0.15, 0.2) is 0 Å². The number of carbonyl (C=O) groups is 1. The van der Waals surface area contributed by atoms with Crippen molar-refractivity contribution in [2.24, 2.45) is 0 Å². The second-order valence-corrected chi connectivity index (χ2v) is 6.94. The zero-order chi connectivity index (χ0) is 18.9. The summed E-state index contributed by atoms with van der Waals surface area (Å²) in [5.41, 5.74) is 0. The SMILES string of the molecule is O=C(N(C1CCCCC1)C1CCCCC1)C(F)(F)C(F)(F)C(F)(F)F. The zero-order valence-electron chi connectivity index (χ0n) is 13.7. The van der Waals surface area contributed by atoms with E-state index in [4.69, 9.17) is 0 Å². The Morgan fingerprint density at radius 2 is 1.04 bits per heavy atom. The van der Waals surface area contributed by atoms with Gasteiger partial charge in [0.2, 0.25) is 0 Å². The quantitative estimate of drug-likeness (QED) is 0.608. The van der Waals surface area contributed by atoms with Gasteiger partial charge < -0.3 is 4.90 Å². The Labute approximate surface area is 141 Å². The minimum atomic E-state index is -6.49. The van der Waals surface area contributed by atoms with Crippen LogP contribution < -0.4 is 0 Å². The maximum absolute atomic E-state index is 14.0. The van der Waals surface area contributed by atoms with Gasteiger partial charge in [0, 0.05) is 12.1 Å². The molecule has 0 radical (unpaired) electrons. The molecule has 9 heteroatoms. The van der Waals surface area contributed by atoms with E-state index in [1.165, 1.54) is 0 Å². The fraction of sp³-hybridized carbons (Fsp3) is 0.938. The van der Waals surface area contributed by atoms with Crippen LogP contribution in [0.5, 0.6) is 0 Å². The first kappa shape index (κ1) is 20.3. The van der Waals surface area contributed by atoms with Gasteiger partial charge in [-0.2, -0.15) is 30.7 Å². The monoisotopic (exact) mass is 377 g/mol. The molecule has 0 N–H and O–H groups in total. The third kappa shape index (κ3) is 3.89. The molecular weight excluding hydrogens is 355 g/mol. The first-order chi connectivity index (χ1) is 11.5. The van der Waals surface area contributed by atoms with Crippen molar-refractivity contribution in [3.05, 3.63) is 0 Å². The van der Waals surface area contributed by atoms with Crippen molar-refractivity contribution in [2.45, 2.75) is 94.3 Å². The molecule has 0 unspecified atom stereocenters. The van der Waals surface area contributed by atoms with Crippen LogP contribution in [0.2, 0.25) is 0 Å². The molecule has 0 aromatic heterocycles. The minimum Gasteiger partial charge on any atom is -0.331 e. The standard InChI is InChI=1S/C16H22F7NO/c17-14(18,15(19,20)16(21,22)23)13(25)24(11-7-3-1-4-8-11)12-9-5-2-6-10-12/h11-12H,1-10H2. The van der Waals surface area contributed by atoms with Crippen LogP contribution in [0.4, 0.5) is 30.7 Å². The van der Waals surface area contributed by atoms with E-state index >= 15 is 0 Å². The summed E-state index contributed by atoms with van der Waals surface area (Å²) in [6.45, 7) is 0. The number of alkyl halides is 7. The van der Waals surface area contributed by atoms with Crippen LogP contribution >= 0.6 is 0 Å². The van der Waals surface area contributed by atoms with Gasteiger partial charge >= 0.3 is 23.9 Å². The topological polar surface area (TPSA) is 20.3 Å². The second kappa shape index (κ2) is 7.31. The van der Waals surface area contributed by atoms with Crippen molar-refractivity contribution in [3.8, 4) is 0 Å². The largest absolute Gasteiger partial charge is 0.460 e. The number of halogens is 7. The highest BCUT2D eigenvalue weighted by Crippen LogP contribution is 2.48. The number of rotatable bonds is 4. The Morgan fingerprint density at radius 1 is 0.680 bits per heavy atom. The lowest BCUT2D eigenvalue weighted by Crippen LogP contribution is -2.63. The minimum absolute atomic E-state index is 0.357. The summed E-state index contributed by atoms with van der Waals surface area (Å²) in [5.74, 6) is -14.6. The number of amides is 1. The molecule has 2 rings (SSSR count). The van der Waals surface area contributed by atoms with Gasteiger partial charge in [0.05, 0.1) is 0 Å². The van der Waals surface area contributed by atoms with E-state index in [2.05, 4.69) is 0 Å². The Morgan fingerprint density at radius 3 is 1.36 bits per heavy atom. The fourth-order valence-electron chi connectivity index (χ4n) is 3.82. The fourth-order valence-corrected chi connectivity index (χ4v) is 3.82. The van der Waals surface area contributed by atoms with Crippen molar-refractivity contribution >= 4 is 5.91 Å². The molecule has 0 aromatic carbocycles. The Balaban J connectivity index is 2.33. The van der Waals surface area contributed by atoms with Gasteiger partial charge in [-0.3, -0.25) is 4.79 Å². The van der Waals surface area contributed by atoms with Crippen LogP contribution in [0.25, 0.3) is 0 Å². The Bertz CT molecular complexity index is 448. The van der Waals surface area contributed by atoms with E-state index < -0.39 is 36.0 Å². The third-order valence-corrected chi connectivity index (χ3v) is 5.19. The molecule has 2 fully saturated rings. The molecule has 25 heavy (non-hydrogen) atoms. The smallest absolute Gasteiger partial charge is 0.331 e. The zero-order valence-corrected chi connectivity index (χ0v) is 13.7. The van der Waals surface area contributed by atoms with E-state index in [1.54, 1.807) is 0 Å². The first-order valence-corrected chi connectivity index (χ1v) is 8.65. The van der Waals surface area contributed by atoms with Crippen molar-refractivity contribution in [3.63, 3.8) is 0 Å². The Kier molecular flexibility index (Phi) is 5.93. The van der Waals surface area contributed by atoms with E-state index in [9.17, 15) is 35.5 Å². The van der Waals surface area contributed by atoms with Gasteiger partial charge in [-0.25, -0.2) is 0 Å². The maximum Gasteiger partial charge on any atom is 0.460 e. The van der Waals surface area contributed by atoms with Crippen molar-refractivity contribution in [2.75, 3.05) is 0 Å². The van der Waals surface area contributed by atoms with Gasteiger partial charge in [-0.1, -0.05) is 38.5 Å². The van der Waals surface area contributed by atoms with Gasteiger partial charge in [-0.15, -0.1) is 0 Å². The van der Waals surface area contributed by atoms with Crippen LogP contribution in [-0.2, 0) is 4.79 Å². The highest BCUT2D eigenvalue weighted by atomic mass is 19.4. The molecule has 0 saturated heterocycles. The van der Waals surface area contributed by atoms with E-state index in [0.29, 0.717) is 56.3 Å². The number of nitrogens with zero attached hydrogens (tertiary/aromatic N) is 1. The number of hydrogen-bond donors (Lipinski definition) is 0. The summed E-state index contributed by atoms with van der Waals surface area (Å²) in [6, 6.07) is -1.39. The maximum atomic E-state index is 14.0. The highest BCUT2D eigenvalue weighted by molar-refractivity contribution is 5.85. The van der Waals surface area contributed by atoms with Crippen molar-refractivity contribution < 1.29 is 35.5 Å². The van der Waals surface area contributed by atoms with Crippen LogP contribution in [0.1, 0.15) is 64.2 Å². The van der Waals surface area contributed by atoms with E-state index in [0.717, 1.165) is 12.8 Å². The van der Waals surface area contributed by atoms with Crippen LogP contribution in [0, 0.1) is 0 Å². The molecule has 2 aliphatic rings. The summed E-state index contributed by atoms with van der Waals surface area (Å²) >= 11 is 0. The van der Waals surface area contributed by atoms with Crippen molar-refractivity contribution in [1.82, 2.24) is 4.90 Å². The number of hydrogen-bond acceptors (Lipinski definition) is 1. The second-order valence-electron chi connectivity index (χ2n) is 6.94. The molecule has 2 aliphatic carbocycles. The van der Waals surface area contributed by atoms with Gasteiger partial charge in [0.15, 0.2) is 0 Å². The molecule has 2 saturated carbocycles. The van der Waals surface area contributed by atoms with E-state index in [1.807, 2.05) is 0 Å². The molecule has 0 aliphatic heterocycles. The van der Waals surface area contributed by atoms with Gasteiger partial charge in [0.1, 0.15) is 0 Å². The van der Waals surface area contributed by atoms with Gasteiger partial charge in [0.25, 0.3) is 0 Å². The predicted octanol–water partition coefficient (Wildman–Crippen LogP) is 5.31. The summed E-state index contributed by atoms with van der Waals surface area (Å²) < 4.78 is 92.0. The lowest BCUT2D eigenvalue weighted by molar-refractivity contribution is -0.346. The lowest BCUT2D eigenvalue weighted by Gasteiger charge is -2.43. The third-order valence-electron chi connectivity index (χ3n) is 5.19. The Hall–Kier alpha value is -1.02. The molecule has 0 aromatic rings. The molecule has 0 heterocycles. The molecule has 0 spiro atoms. The summed E-state index contributed by atoms with van der Waals surface area (Å²) in [5, 5.41) is 0. The first-order valence-electron chi connectivity index (χ1n) is 8.65. The van der Waals surface area contributed by atoms with Gasteiger partial charge in [-0.05, 0) is 25.7 Å². The molecule has 1 amide bonds. The predicted molar refractivity (Wildman–Crippen MR) is 76.5 cm³/mol. The molecule has 146 valence electrons. The van der Waals surface area contributed by atoms with E-state index in [-0.39, 0.29) is 0 Å². The average molecular weight is 377 g/mol. The number of carbonyl (C=O) groups excluding carboxylic acids is 1.